The molecule has 2 heterocycles. The summed E-state index contributed by atoms with van der Waals surface area (Å²) in [5.74, 6) is 0. The Balaban J connectivity index is 1.67. The molecule has 3 rings (SSSR count). The Hall–Kier alpha value is -1.68. The average molecular weight is 271 g/mol. The monoisotopic (exact) mass is 271 g/mol. The lowest BCUT2D eigenvalue weighted by Crippen LogP contribution is -2.25. The fourth-order valence-electron chi connectivity index (χ4n) is 2.87. The first-order valence-corrected chi connectivity index (χ1v) is 7.40. The van der Waals surface area contributed by atoms with Gasteiger partial charge in [-0.25, -0.2) is 4.98 Å². The van der Waals surface area contributed by atoms with Gasteiger partial charge in [0.15, 0.2) is 0 Å². The summed E-state index contributed by atoms with van der Waals surface area (Å²) in [7, 11) is 0. The van der Waals surface area contributed by atoms with Crippen molar-refractivity contribution in [2.24, 2.45) is 5.41 Å². The number of nitrogens with zero attached hydrogens (tertiary/aromatic N) is 2. The third-order valence-corrected chi connectivity index (χ3v) is 4.17. The summed E-state index contributed by atoms with van der Waals surface area (Å²) in [5, 5.41) is 3.47. The van der Waals surface area contributed by atoms with Crippen LogP contribution in [-0.4, -0.2) is 15.9 Å². The predicted molar refractivity (Wildman–Crippen MR) is 79.7 cm³/mol. The van der Waals surface area contributed by atoms with Crippen molar-refractivity contribution in [3.8, 4) is 0 Å². The summed E-state index contributed by atoms with van der Waals surface area (Å²) in [6.45, 7) is 3.95. The molecule has 1 aliphatic rings. The molecule has 4 heteroatoms. The van der Waals surface area contributed by atoms with Gasteiger partial charge in [-0.15, -0.1) is 0 Å². The number of fused-ring (bicyclic) bond motifs is 1. The van der Waals surface area contributed by atoms with E-state index in [0.717, 1.165) is 12.2 Å². The lowest BCUT2D eigenvalue weighted by atomic mass is 10.0. The van der Waals surface area contributed by atoms with Crippen molar-refractivity contribution in [3.05, 3.63) is 46.5 Å². The standard InChI is InChI=1S/C16H21N3O/c1-2-6-16(7-8-16)12-17-11-13-10-15(20)19-9-4-3-5-14(19)18-13/h3-5,9-10,17H,2,6-8,11-12H2,1H3. The van der Waals surface area contributed by atoms with E-state index in [1.165, 1.54) is 25.7 Å². The van der Waals surface area contributed by atoms with Crippen LogP contribution in [0.2, 0.25) is 0 Å². The van der Waals surface area contributed by atoms with E-state index in [1.54, 1.807) is 16.7 Å². The molecule has 0 amide bonds. The van der Waals surface area contributed by atoms with Crippen molar-refractivity contribution in [1.82, 2.24) is 14.7 Å². The minimum absolute atomic E-state index is 0.0120. The van der Waals surface area contributed by atoms with Crippen LogP contribution in [0.15, 0.2) is 35.3 Å². The van der Waals surface area contributed by atoms with E-state index in [2.05, 4.69) is 17.2 Å². The summed E-state index contributed by atoms with van der Waals surface area (Å²) in [5.41, 5.74) is 2.06. The molecule has 0 bridgehead atoms. The predicted octanol–water partition coefficient (Wildman–Crippen LogP) is 2.36. The zero-order valence-corrected chi connectivity index (χ0v) is 11.9. The molecule has 0 aliphatic heterocycles. The first-order chi connectivity index (χ1) is 9.72. The molecule has 1 N–H and O–H groups in total. The number of aromatic nitrogens is 2. The van der Waals surface area contributed by atoms with E-state index in [9.17, 15) is 4.79 Å². The smallest absolute Gasteiger partial charge is 0.258 e. The maximum absolute atomic E-state index is 12.0. The first-order valence-electron chi connectivity index (χ1n) is 7.40. The number of pyridine rings is 1. The summed E-state index contributed by atoms with van der Waals surface area (Å²) in [6, 6.07) is 7.23. The Labute approximate surface area is 118 Å². The normalized spacial score (nSPS) is 16.4. The highest BCUT2D eigenvalue weighted by atomic mass is 16.1. The number of rotatable bonds is 6. The Morgan fingerprint density at radius 3 is 3.00 bits per heavy atom. The van der Waals surface area contributed by atoms with Gasteiger partial charge in [0.2, 0.25) is 0 Å². The molecule has 0 unspecified atom stereocenters. The van der Waals surface area contributed by atoms with E-state index in [1.807, 2.05) is 18.2 Å². The molecule has 106 valence electrons. The van der Waals surface area contributed by atoms with E-state index in [-0.39, 0.29) is 5.56 Å². The van der Waals surface area contributed by atoms with Gasteiger partial charge in [0, 0.05) is 25.4 Å². The lowest BCUT2D eigenvalue weighted by molar-refractivity contribution is 0.419. The van der Waals surface area contributed by atoms with Gasteiger partial charge in [-0.3, -0.25) is 9.20 Å². The van der Waals surface area contributed by atoms with Crippen molar-refractivity contribution in [2.75, 3.05) is 6.54 Å². The molecule has 1 aliphatic carbocycles. The molecule has 2 aromatic heterocycles. The summed E-state index contributed by atoms with van der Waals surface area (Å²) < 4.78 is 1.57. The summed E-state index contributed by atoms with van der Waals surface area (Å²) in [6.07, 6.45) is 6.97. The Bertz CT molecular complexity index is 658. The Morgan fingerprint density at radius 1 is 1.40 bits per heavy atom. The number of hydrogen-bond acceptors (Lipinski definition) is 3. The first kappa shape index (κ1) is 13.3. The molecule has 4 nitrogen and oxygen atoms in total. The highest BCUT2D eigenvalue weighted by Crippen LogP contribution is 2.48. The fourth-order valence-corrected chi connectivity index (χ4v) is 2.87. The SMILES string of the molecule is CCCC1(CNCc2cc(=O)n3ccccc3n2)CC1. The van der Waals surface area contributed by atoms with Crippen molar-refractivity contribution in [2.45, 2.75) is 39.2 Å². The van der Waals surface area contributed by atoms with Crippen LogP contribution >= 0.6 is 0 Å². The molecular weight excluding hydrogens is 250 g/mol. The van der Waals surface area contributed by atoms with Crippen LogP contribution in [0.3, 0.4) is 0 Å². The third kappa shape index (κ3) is 2.75. The van der Waals surface area contributed by atoms with Crippen LogP contribution in [-0.2, 0) is 6.54 Å². The summed E-state index contributed by atoms with van der Waals surface area (Å²) in [4.78, 5) is 16.5. The molecular formula is C16H21N3O. The maximum atomic E-state index is 12.0. The third-order valence-electron chi connectivity index (χ3n) is 4.17. The van der Waals surface area contributed by atoms with Gasteiger partial charge in [-0.2, -0.15) is 0 Å². The topological polar surface area (TPSA) is 46.4 Å². The van der Waals surface area contributed by atoms with Gasteiger partial charge < -0.3 is 5.32 Å². The molecule has 2 aromatic rings. The molecule has 1 fully saturated rings. The largest absolute Gasteiger partial charge is 0.311 e. The quantitative estimate of drug-likeness (QED) is 0.877. The van der Waals surface area contributed by atoms with Gasteiger partial charge in [0.05, 0.1) is 5.69 Å². The van der Waals surface area contributed by atoms with Gasteiger partial charge >= 0.3 is 0 Å². The van der Waals surface area contributed by atoms with Gasteiger partial charge in [0.25, 0.3) is 5.56 Å². The van der Waals surface area contributed by atoms with Crippen molar-refractivity contribution >= 4 is 5.65 Å². The van der Waals surface area contributed by atoms with Crippen LogP contribution in [0.5, 0.6) is 0 Å². The number of hydrogen-bond donors (Lipinski definition) is 1. The Morgan fingerprint density at radius 2 is 2.25 bits per heavy atom. The summed E-state index contributed by atoms with van der Waals surface area (Å²) >= 11 is 0. The lowest BCUT2D eigenvalue weighted by Gasteiger charge is -2.14. The molecule has 0 spiro atoms. The van der Waals surface area contributed by atoms with Crippen LogP contribution in [0.25, 0.3) is 5.65 Å². The van der Waals surface area contributed by atoms with Crippen LogP contribution in [0, 0.1) is 5.41 Å². The molecule has 0 atom stereocenters. The van der Waals surface area contributed by atoms with Crippen molar-refractivity contribution in [1.29, 1.82) is 0 Å². The molecule has 1 saturated carbocycles. The molecule has 0 radical (unpaired) electrons. The van der Waals surface area contributed by atoms with Crippen LogP contribution in [0.1, 0.15) is 38.3 Å². The van der Waals surface area contributed by atoms with E-state index in [0.29, 0.717) is 17.6 Å². The zero-order chi connectivity index (χ0) is 14.0. The maximum Gasteiger partial charge on any atom is 0.258 e. The highest BCUT2D eigenvalue weighted by Gasteiger charge is 2.40. The Kier molecular flexibility index (Phi) is 3.57. The van der Waals surface area contributed by atoms with Crippen molar-refractivity contribution < 1.29 is 0 Å². The van der Waals surface area contributed by atoms with Crippen LogP contribution in [0.4, 0.5) is 0 Å². The van der Waals surface area contributed by atoms with Gasteiger partial charge in [-0.1, -0.05) is 19.4 Å². The van der Waals surface area contributed by atoms with E-state index >= 15 is 0 Å². The minimum atomic E-state index is -0.0120. The second-order valence-electron chi connectivity index (χ2n) is 5.87. The average Bonchev–Trinajstić information content (AvgIpc) is 3.19. The van der Waals surface area contributed by atoms with Crippen molar-refractivity contribution in [3.63, 3.8) is 0 Å². The second-order valence-corrected chi connectivity index (χ2v) is 5.87. The zero-order valence-electron chi connectivity index (χ0n) is 11.9. The van der Waals surface area contributed by atoms with E-state index in [4.69, 9.17) is 0 Å². The molecule has 0 saturated heterocycles. The number of nitrogens with one attached hydrogen (secondary N) is 1. The molecule has 20 heavy (non-hydrogen) atoms. The van der Waals surface area contributed by atoms with Gasteiger partial charge in [0.1, 0.15) is 5.65 Å². The second kappa shape index (κ2) is 5.37. The van der Waals surface area contributed by atoms with E-state index < -0.39 is 0 Å². The molecule has 0 aromatic carbocycles. The van der Waals surface area contributed by atoms with Crippen LogP contribution < -0.4 is 10.9 Å². The minimum Gasteiger partial charge on any atom is -0.311 e. The fraction of sp³-hybridized carbons (Fsp3) is 0.500. The van der Waals surface area contributed by atoms with Gasteiger partial charge in [-0.05, 0) is 36.8 Å². The highest BCUT2D eigenvalue weighted by molar-refractivity contribution is 5.37.